The van der Waals surface area contributed by atoms with E-state index in [9.17, 15) is 4.79 Å². The third-order valence-electron chi connectivity index (χ3n) is 3.01. The molecule has 100 valence electrons. The number of aryl methyl sites for hydroxylation is 1. The number of nitrogens with one attached hydrogen (secondary N) is 1. The highest BCUT2D eigenvalue weighted by atomic mass is 16.2. The molecule has 1 amide bonds. The molecule has 19 heavy (non-hydrogen) atoms. The summed E-state index contributed by atoms with van der Waals surface area (Å²) in [6.45, 7) is 6.52. The van der Waals surface area contributed by atoms with E-state index >= 15 is 0 Å². The Bertz CT molecular complexity index is 546. The van der Waals surface area contributed by atoms with Gasteiger partial charge in [-0.25, -0.2) is 0 Å². The van der Waals surface area contributed by atoms with Crippen LogP contribution in [0, 0.1) is 6.92 Å². The van der Waals surface area contributed by atoms with Crippen LogP contribution in [0.3, 0.4) is 0 Å². The maximum absolute atomic E-state index is 12.4. The predicted octanol–water partition coefficient (Wildman–Crippen LogP) is 2.77. The van der Waals surface area contributed by atoms with Gasteiger partial charge in [-0.2, -0.15) is 5.10 Å². The smallest absolute Gasteiger partial charge is 0.274 e. The van der Waals surface area contributed by atoms with Crippen LogP contribution in [0.2, 0.25) is 0 Å². The molecule has 0 aliphatic heterocycles. The predicted molar refractivity (Wildman–Crippen MR) is 74.8 cm³/mol. The van der Waals surface area contributed by atoms with Crippen molar-refractivity contribution >= 4 is 5.91 Å². The Morgan fingerprint density at radius 2 is 2.00 bits per heavy atom. The molecule has 1 N–H and O–H groups in total. The van der Waals surface area contributed by atoms with E-state index in [1.807, 2.05) is 56.0 Å². The quantitative estimate of drug-likeness (QED) is 0.915. The number of H-pyrrole nitrogens is 1. The number of carbonyl (C=O) groups excluding carboxylic acids is 1. The summed E-state index contributed by atoms with van der Waals surface area (Å²) in [5.41, 5.74) is 2.49. The SMILES string of the molecule is Cc1cc(C(=O)N(Cc2ccccc2)C(C)C)n[nH]1. The van der Waals surface area contributed by atoms with Gasteiger partial charge in [-0.05, 0) is 32.4 Å². The van der Waals surface area contributed by atoms with E-state index in [0.29, 0.717) is 12.2 Å². The molecule has 1 aromatic heterocycles. The summed E-state index contributed by atoms with van der Waals surface area (Å²) in [5, 5.41) is 6.85. The Hall–Kier alpha value is -2.10. The van der Waals surface area contributed by atoms with Gasteiger partial charge < -0.3 is 4.90 Å². The van der Waals surface area contributed by atoms with E-state index in [2.05, 4.69) is 10.2 Å². The Morgan fingerprint density at radius 3 is 2.53 bits per heavy atom. The molecule has 0 atom stereocenters. The van der Waals surface area contributed by atoms with Gasteiger partial charge in [0.05, 0.1) is 0 Å². The van der Waals surface area contributed by atoms with Crippen molar-refractivity contribution in [3.8, 4) is 0 Å². The molecule has 4 heteroatoms. The largest absolute Gasteiger partial charge is 0.331 e. The monoisotopic (exact) mass is 257 g/mol. The second kappa shape index (κ2) is 5.69. The zero-order valence-corrected chi connectivity index (χ0v) is 11.6. The fraction of sp³-hybridized carbons (Fsp3) is 0.333. The normalized spacial score (nSPS) is 10.7. The molecule has 0 radical (unpaired) electrons. The lowest BCUT2D eigenvalue weighted by Gasteiger charge is -2.26. The van der Waals surface area contributed by atoms with Gasteiger partial charge in [0.25, 0.3) is 5.91 Å². The van der Waals surface area contributed by atoms with Crippen molar-refractivity contribution < 1.29 is 4.79 Å². The van der Waals surface area contributed by atoms with Gasteiger partial charge in [-0.1, -0.05) is 30.3 Å². The van der Waals surface area contributed by atoms with Gasteiger partial charge >= 0.3 is 0 Å². The summed E-state index contributed by atoms with van der Waals surface area (Å²) in [4.78, 5) is 14.3. The summed E-state index contributed by atoms with van der Waals surface area (Å²) < 4.78 is 0. The first-order valence-corrected chi connectivity index (χ1v) is 6.45. The van der Waals surface area contributed by atoms with E-state index in [1.54, 1.807) is 6.07 Å². The van der Waals surface area contributed by atoms with Crippen LogP contribution in [0.4, 0.5) is 0 Å². The fourth-order valence-electron chi connectivity index (χ4n) is 1.94. The summed E-state index contributed by atoms with van der Waals surface area (Å²) in [6, 6.07) is 11.9. The third kappa shape index (κ3) is 3.22. The lowest BCUT2D eigenvalue weighted by Crippen LogP contribution is -2.36. The number of rotatable bonds is 4. The molecule has 4 nitrogen and oxygen atoms in total. The molecule has 0 bridgehead atoms. The second-order valence-corrected chi connectivity index (χ2v) is 4.95. The van der Waals surface area contributed by atoms with Gasteiger partial charge in [-0.15, -0.1) is 0 Å². The first kappa shape index (κ1) is 13.3. The topological polar surface area (TPSA) is 49.0 Å². The second-order valence-electron chi connectivity index (χ2n) is 4.95. The summed E-state index contributed by atoms with van der Waals surface area (Å²) in [6.07, 6.45) is 0. The summed E-state index contributed by atoms with van der Waals surface area (Å²) >= 11 is 0. The highest BCUT2D eigenvalue weighted by Crippen LogP contribution is 2.12. The van der Waals surface area contributed by atoms with Gasteiger partial charge in [0.2, 0.25) is 0 Å². The van der Waals surface area contributed by atoms with Crippen molar-refractivity contribution in [1.82, 2.24) is 15.1 Å². The minimum atomic E-state index is -0.0387. The third-order valence-corrected chi connectivity index (χ3v) is 3.01. The van der Waals surface area contributed by atoms with E-state index in [4.69, 9.17) is 0 Å². The van der Waals surface area contributed by atoms with Crippen molar-refractivity contribution in [3.63, 3.8) is 0 Å². The van der Waals surface area contributed by atoms with E-state index < -0.39 is 0 Å². The molecule has 1 aromatic carbocycles. The zero-order valence-electron chi connectivity index (χ0n) is 11.6. The maximum Gasteiger partial charge on any atom is 0.274 e. The molecule has 0 aliphatic carbocycles. The fourth-order valence-corrected chi connectivity index (χ4v) is 1.94. The summed E-state index contributed by atoms with van der Waals surface area (Å²) in [5.74, 6) is -0.0387. The Kier molecular flexibility index (Phi) is 4.00. The number of nitrogens with zero attached hydrogens (tertiary/aromatic N) is 2. The highest BCUT2D eigenvalue weighted by molar-refractivity contribution is 5.92. The number of benzene rings is 1. The number of hydrogen-bond donors (Lipinski definition) is 1. The van der Waals surface area contributed by atoms with Crippen molar-refractivity contribution in [2.24, 2.45) is 0 Å². The molecule has 0 fully saturated rings. The van der Waals surface area contributed by atoms with Gasteiger partial charge in [0, 0.05) is 18.3 Å². The average Bonchev–Trinajstić information content (AvgIpc) is 2.83. The van der Waals surface area contributed by atoms with Crippen LogP contribution in [0.25, 0.3) is 0 Å². The maximum atomic E-state index is 12.4. The molecular formula is C15H19N3O. The Morgan fingerprint density at radius 1 is 1.32 bits per heavy atom. The molecule has 0 aliphatic rings. The molecule has 1 heterocycles. The lowest BCUT2D eigenvalue weighted by molar-refractivity contribution is 0.0684. The zero-order chi connectivity index (χ0) is 13.8. The van der Waals surface area contributed by atoms with Gasteiger partial charge in [-0.3, -0.25) is 9.89 Å². The molecule has 2 aromatic rings. The van der Waals surface area contributed by atoms with Crippen LogP contribution >= 0.6 is 0 Å². The minimum Gasteiger partial charge on any atom is -0.331 e. The highest BCUT2D eigenvalue weighted by Gasteiger charge is 2.21. The van der Waals surface area contributed by atoms with Crippen LogP contribution < -0.4 is 0 Å². The van der Waals surface area contributed by atoms with Crippen molar-refractivity contribution in [2.75, 3.05) is 0 Å². The minimum absolute atomic E-state index is 0.0387. The molecular weight excluding hydrogens is 238 g/mol. The number of carbonyl (C=O) groups is 1. The van der Waals surface area contributed by atoms with Gasteiger partial charge in [0.1, 0.15) is 5.69 Å². The summed E-state index contributed by atoms with van der Waals surface area (Å²) in [7, 11) is 0. The van der Waals surface area contributed by atoms with Crippen molar-refractivity contribution in [2.45, 2.75) is 33.4 Å². The van der Waals surface area contributed by atoms with Crippen LogP contribution in [-0.2, 0) is 6.54 Å². The molecule has 2 rings (SSSR count). The molecule has 0 unspecified atom stereocenters. The lowest BCUT2D eigenvalue weighted by atomic mass is 10.1. The van der Waals surface area contributed by atoms with Crippen LogP contribution in [-0.4, -0.2) is 27.0 Å². The first-order valence-electron chi connectivity index (χ1n) is 6.45. The number of aromatic nitrogens is 2. The van der Waals surface area contributed by atoms with E-state index in [-0.39, 0.29) is 11.9 Å². The van der Waals surface area contributed by atoms with Crippen LogP contribution in [0.1, 0.15) is 35.6 Å². The van der Waals surface area contributed by atoms with E-state index in [1.165, 1.54) is 0 Å². The van der Waals surface area contributed by atoms with E-state index in [0.717, 1.165) is 11.3 Å². The van der Waals surface area contributed by atoms with Crippen LogP contribution in [0.15, 0.2) is 36.4 Å². The Balaban J connectivity index is 2.19. The average molecular weight is 257 g/mol. The molecule has 0 spiro atoms. The van der Waals surface area contributed by atoms with Gasteiger partial charge in [0.15, 0.2) is 0 Å². The number of aromatic amines is 1. The number of amides is 1. The van der Waals surface area contributed by atoms with Crippen molar-refractivity contribution in [3.05, 3.63) is 53.3 Å². The molecule has 0 saturated heterocycles. The number of hydrogen-bond acceptors (Lipinski definition) is 2. The van der Waals surface area contributed by atoms with Crippen molar-refractivity contribution in [1.29, 1.82) is 0 Å². The standard InChI is InChI=1S/C15H19N3O/c1-11(2)18(10-13-7-5-4-6-8-13)15(19)14-9-12(3)16-17-14/h4-9,11H,10H2,1-3H3,(H,16,17). The molecule has 0 saturated carbocycles. The Labute approximate surface area is 113 Å². The first-order chi connectivity index (χ1) is 9.08. The van der Waals surface area contributed by atoms with Crippen LogP contribution in [0.5, 0.6) is 0 Å².